The largest absolute Gasteiger partial charge is 0.497 e. The van der Waals surface area contributed by atoms with Gasteiger partial charge < -0.3 is 15.0 Å². The van der Waals surface area contributed by atoms with Crippen molar-refractivity contribution in [1.29, 1.82) is 0 Å². The van der Waals surface area contributed by atoms with Crippen molar-refractivity contribution in [3.63, 3.8) is 0 Å². The van der Waals surface area contributed by atoms with Gasteiger partial charge in [0.2, 0.25) is 0 Å². The summed E-state index contributed by atoms with van der Waals surface area (Å²) in [6.45, 7) is 0. The van der Waals surface area contributed by atoms with E-state index < -0.39 is 0 Å². The maximum atomic E-state index is 6.55. The highest BCUT2D eigenvalue weighted by Gasteiger charge is 2.19. The lowest BCUT2D eigenvalue weighted by atomic mass is 9.94. The molecular formula is C21H19N3O2. The molecule has 0 fully saturated rings. The van der Waals surface area contributed by atoms with Crippen molar-refractivity contribution >= 4 is 11.0 Å². The van der Waals surface area contributed by atoms with Crippen LogP contribution in [0.2, 0.25) is 0 Å². The van der Waals surface area contributed by atoms with Crippen molar-refractivity contribution in [1.82, 2.24) is 10.1 Å². The number of methoxy groups -OCH3 is 1. The molecule has 4 aromatic rings. The number of rotatable bonds is 5. The predicted molar refractivity (Wildman–Crippen MR) is 101 cm³/mol. The maximum Gasteiger partial charge on any atom is 0.167 e. The lowest BCUT2D eigenvalue weighted by Crippen LogP contribution is -2.15. The van der Waals surface area contributed by atoms with Crippen LogP contribution in [0.4, 0.5) is 0 Å². The van der Waals surface area contributed by atoms with Gasteiger partial charge >= 0.3 is 0 Å². The molecule has 0 aliphatic carbocycles. The Labute approximate surface area is 151 Å². The first-order valence-corrected chi connectivity index (χ1v) is 8.44. The molecule has 130 valence electrons. The van der Waals surface area contributed by atoms with Crippen LogP contribution in [0.5, 0.6) is 5.75 Å². The zero-order valence-corrected chi connectivity index (χ0v) is 14.4. The average Bonchev–Trinajstić information content (AvgIpc) is 3.12. The minimum Gasteiger partial charge on any atom is -0.497 e. The number of nitrogens with zero attached hydrogens (tertiary/aromatic N) is 2. The standard InChI is InChI=1S/C21H19N3O2/c1-25-15-9-10-16(21-17-7-2-3-8-20(17)26-24-21)18(13-15)19(22)12-14-6-4-5-11-23-14/h2-11,13,19H,12,22H2,1H3. The van der Waals surface area contributed by atoms with Crippen LogP contribution in [0.3, 0.4) is 0 Å². The molecule has 0 saturated heterocycles. The van der Waals surface area contributed by atoms with Crippen LogP contribution in [0, 0.1) is 0 Å². The second-order valence-electron chi connectivity index (χ2n) is 6.11. The maximum absolute atomic E-state index is 6.55. The molecule has 5 nitrogen and oxygen atoms in total. The normalized spacial score (nSPS) is 12.2. The minimum absolute atomic E-state index is 0.245. The van der Waals surface area contributed by atoms with Crippen molar-refractivity contribution in [2.24, 2.45) is 5.73 Å². The number of para-hydroxylation sites is 1. The van der Waals surface area contributed by atoms with E-state index in [4.69, 9.17) is 15.0 Å². The van der Waals surface area contributed by atoms with E-state index in [9.17, 15) is 0 Å². The summed E-state index contributed by atoms with van der Waals surface area (Å²) in [7, 11) is 1.65. The topological polar surface area (TPSA) is 74.2 Å². The van der Waals surface area contributed by atoms with Crippen LogP contribution >= 0.6 is 0 Å². The molecule has 0 spiro atoms. The molecule has 0 aliphatic heterocycles. The molecule has 1 atom stereocenters. The Bertz CT molecular complexity index is 1030. The van der Waals surface area contributed by atoms with E-state index in [2.05, 4.69) is 10.1 Å². The minimum atomic E-state index is -0.245. The number of aromatic nitrogens is 2. The number of fused-ring (bicyclic) bond motifs is 1. The fraction of sp³-hybridized carbons (Fsp3) is 0.143. The molecule has 1 unspecified atom stereocenters. The van der Waals surface area contributed by atoms with E-state index in [0.29, 0.717) is 6.42 Å². The zero-order chi connectivity index (χ0) is 17.9. The first-order chi connectivity index (χ1) is 12.8. The first kappa shape index (κ1) is 16.3. The Morgan fingerprint density at radius 2 is 1.92 bits per heavy atom. The highest BCUT2D eigenvalue weighted by Crippen LogP contribution is 2.35. The van der Waals surface area contributed by atoms with E-state index in [1.165, 1.54) is 0 Å². The van der Waals surface area contributed by atoms with Gasteiger partial charge in [-0.3, -0.25) is 4.98 Å². The van der Waals surface area contributed by atoms with Crippen LogP contribution in [-0.4, -0.2) is 17.3 Å². The second kappa shape index (κ2) is 6.98. The van der Waals surface area contributed by atoms with Gasteiger partial charge in [0.15, 0.2) is 5.58 Å². The summed E-state index contributed by atoms with van der Waals surface area (Å²) < 4.78 is 10.9. The van der Waals surface area contributed by atoms with Gasteiger partial charge in [0, 0.05) is 35.3 Å². The van der Waals surface area contributed by atoms with Gasteiger partial charge in [-0.2, -0.15) is 0 Å². The van der Waals surface area contributed by atoms with Gasteiger partial charge in [-0.25, -0.2) is 0 Å². The fourth-order valence-electron chi connectivity index (χ4n) is 3.12. The molecule has 0 radical (unpaired) electrons. The molecule has 2 heterocycles. The molecule has 0 amide bonds. The van der Waals surface area contributed by atoms with Crippen molar-refractivity contribution in [3.05, 3.63) is 78.1 Å². The zero-order valence-electron chi connectivity index (χ0n) is 14.4. The molecular weight excluding hydrogens is 326 g/mol. The number of ether oxygens (including phenoxy) is 1. The van der Waals surface area contributed by atoms with Gasteiger partial charge in [0.25, 0.3) is 0 Å². The predicted octanol–water partition coefficient (Wildman–Crippen LogP) is 4.14. The molecule has 0 saturated carbocycles. The summed E-state index contributed by atoms with van der Waals surface area (Å²) in [5.74, 6) is 0.757. The first-order valence-electron chi connectivity index (χ1n) is 8.44. The molecule has 4 rings (SSSR count). The van der Waals surface area contributed by atoms with Crippen LogP contribution in [0.15, 0.2) is 71.4 Å². The molecule has 5 heteroatoms. The fourth-order valence-corrected chi connectivity index (χ4v) is 3.12. The van der Waals surface area contributed by atoms with E-state index >= 15 is 0 Å². The van der Waals surface area contributed by atoms with Gasteiger partial charge in [0.05, 0.1) is 7.11 Å². The highest BCUT2D eigenvalue weighted by molar-refractivity contribution is 5.92. The van der Waals surface area contributed by atoms with Crippen molar-refractivity contribution < 1.29 is 9.26 Å². The van der Waals surface area contributed by atoms with E-state index in [-0.39, 0.29) is 6.04 Å². The van der Waals surface area contributed by atoms with Crippen LogP contribution in [0.25, 0.3) is 22.2 Å². The Hall–Kier alpha value is -3.18. The SMILES string of the molecule is COc1ccc(-c2noc3ccccc23)c(C(N)Cc2ccccn2)c1. The smallest absolute Gasteiger partial charge is 0.167 e. The van der Waals surface area contributed by atoms with E-state index in [1.54, 1.807) is 13.3 Å². The third-order valence-corrected chi connectivity index (χ3v) is 4.45. The quantitative estimate of drug-likeness (QED) is 0.588. The Morgan fingerprint density at radius 1 is 1.08 bits per heavy atom. The number of benzene rings is 2. The molecule has 0 aliphatic rings. The van der Waals surface area contributed by atoms with Crippen molar-refractivity contribution in [2.75, 3.05) is 7.11 Å². The Morgan fingerprint density at radius 3 is 2.73 bits per heavy atom. The van der Waals surface area contributed by atoms with Crippen LogP contribution in [0.1, 0.15) is 17.3 Å². The average molecular weight is 345 g/mol. The van der Waals surface area contributed by atoms with Crippen LogP contribution in [-0.2, 0) is 6.42 Å². The molecule has 0 bridgehead atoms. The molecule has 2 N–H and O–H groups in total. The summed E-state index contributed by atoms with van der Waals surface area (Å²) >= 11 is 0. The van der Waals surface area contributed by atoms with Gasteiger partial charge in [-0.15, -0.1) is 0 Å². The van der Waals surface area contributed by atoms with E-state index in [1.807, 2.05) is 60.7 Å². The molecule has 2 aromatic carbocycles. The van der Waals surface area contributed by atoms with Gasteiger partial charge in [-0.05, 0) is 48.0 Å². The number of nitrogens with two attached hydrogens (primary N) is 1. The summed E-state index contributed by atoms with van der Waals surface area (Å²) in [4.78, 5) is 4.38. The third kappa shape index (κ3) is 3.05. The van der Waals surface area contributed by atoms with Crippen molar-refractivity contribution in [2.45, 2.75) is 12.5 Å². The summed E-state index contributed by atoms with van der Waals surface area (Å²) in [5, 5.41) is 5.25. The van der Waals surface area contributed by atoms with Gasteiger partial charge in [-0.1, -0.05) is 23.4 Å². The van der Waals surface area contributed by atoms with E-state index in [0.717, 1.165) is 39.2 Å². The highest BCUT2D eigenvalue weighted by atomic mass is 16.5. The lowest BCUT2D eigenvalue weighted by molar-refractivity contribution is 0.413. The van der Waals surface area contributed by atoms with Crippen molar-refractivity contribution in [3.8, 4) is 17.0 Å². The Kier molecular flexibility index (Phi) is 4.37. The molecule has 2 aromatic heterocycles. The Balaban J connectivity index is 1.80. The molecule has 26 heavy (non-hydrogen) atoms. The third-order valence-electron chi connectivity index (χ3n) is 4.45. The monoisotopic (exact) mass is 345 g/mol. The summed E-state index contributed by atoms with van der Waals surface area (Å²) in [5.41, 5.74) is 10.9. The van der Waals surface area contributed by atoms with Gasteiger partial charge in [0.1, 0.15) is 11.4 Å². The summed E-state index contributed by atoms with van der Waals surface area (Å²) in [6, 6.07) is 19.3. The van der Waals surface area contributed by atoms with Crippen LogP contribution < -0.4 is 10.5 Å². The second-order valence-corrected chi connectivity index (χ2v) is 6.11. The summed E-state index contributed by atoms with van der Waals surface area (Å²) in [6.07, 6.45) is 2.40. The number of hydrogen-bond acceptors (Lipinski definition) is 5. The lowest BCUT2D eigenvalue weighted by Gasteiger charge is -2.16. The number of pyridine rings is 1. The number of hydrogen-bond donors (Lipinski definition) is 1.